The molecule has 262 valence electrons. The molecule has 20 heteroatoms. The highest BCUT2D eigenvalue weighted by atomic mass is 35.5. The number of rotatable bonds is 13. The molecule has 1 aliphatic heterocycles. The summed E-state index contributed by atoms with van der Waals surface area (Å²) in [4.78, 5) is 53.3. The number of unbranched alkanes of at least 4 members (excludes halogenated alkanes) is 3. The second kappa shape index (κ2) is 17.2. The van der Waals surface area contributed by atoms with Gasteiger partial charge in [-0.1, -0.05) is 35.3 Å². The van der Waals surface area contributed by atoms with Crippen molar-refractivity contribution < 1.29 is 9.59 Å². The molecule has 14 N–H and O–H groups in total. The number of nitrogens with one attached hydrogen (secondary N) is 2. The number of aromatic nitrogens is 4. The lowest BCUT2D eigenvalue weighted by Gasteiger charge is -2.39. The number of hydrogen-bond donors (Lipinski definition) is 8. The van der Waals surface area contributed by atoms with Crippen LogP contribution in [0.15, 0.2) is 34.3 Å². The number of guanidine groups is 2. The molecule has 0 fully saturated rings. The Morgan fingerprint density at radius 3 is 1.51 bits per heavy atom. The quantitative estimate of drug-likeness (QED) is 0.0695. The fourth-order valence-corrected chi connectivity index (χ4v) is 5.25. The first-order valence-corrected chi connectivity index (χ1v) is 16.2. The number of hydrogen-bond acceptors (Lipinski definition) is 14. The molecule has 0 aliphatic carbocycles. The lowest BCUT2D eigenvalue weighted by atomic mass is 10.1. The van der Waals surface area contributed by atoms with Gasteiger partial charge in [0.05, 0.1) is 11.4 Å². The van der Waals surface area contributed by atoms with Crippen LogP contribution < -0.4 is 54.8 Å². The number of amides is 2. The van der Waals surface area contributed by atoms with Crippen LogP contribution in [0.5, 0.6) is 0 Å². The van der Waals surface area contributed by atoms with E-state index in [2.05, 4.69) is 62.5 Å². The second-order valence-corrected chi connectivity index (χ2v) is 11.7. The van der Waals surface area contributed by atoms with Crippen LogP contribution in [0.1, 0.15) is 53.1 Å². The van der Waals surface area contributed by atoms with Crippen molar-refractivity contribution in [1.29, 1.82) is 0 Å². The second-order valence-electron chi connectivity index (χ2n) is 10.9. The van der Waals surface area contributed by atoms with Gasteiger partial charge in [-0.15, -0.1) is 0 Å². The first-order valence-electron chi connectivity index (χ1n) is 15.4. The van der Waals surface area contributed by atoms with Gasteiger partial charge >= 0.3 is 0 Å². The van der Waals surface area contributed by atoms with E-state index in [1.54, 1.807) is 0 Å². The number of nitrogen functional groups attached to an aromatic ring is 4. The Morgan fingerprint density at radius 1 is 0.653 bits per heavy atom. The zero-order valence-electron chi connectivity index (χ0n) is 26.7. The van der Waals surface area contributed by atoms with Gasteiger partial charge in [0, 0.05) is 39.3 Å². The van der Waals surface area contributed by atoms with Gasteiger partial charge in [0.2, 0.25) is 0 Å². The molecule has 3 aromatic rings. The Balaban J connectivity index is 1.16. The number of halogens is 2. The molecule has 0 bridgehead atoms. The van der Waals surface area contributed by atoms with Crippen LogP contribution in [0.2, 0.25) is 10.3 Å². The molecule has 0 saturated heterocycles. The lowest BCUT2D eigenvalue weighted by Crippen LogP contribution is -2.42. The van der Waals surface area contributed by atoms with Crippen LogP contribution in [-0.2, 0) is 0 Å². The molecule has 0 radical (unpaired) electrons. The van der Waals surface area contributed by atoms with Gasteiger partial charge in [0.1, 0.15) is 0 Å². The van der Waals surface area contributed by atoms with Gasteiger partial charge in [-0.3, -0.25) is 30.2 Å². The molecule has 49 heavy (non-hydrogen) atoms. The Labute approximate surface area is 292 Å². The van der Waals surface area contributed by atoms with Gasteiger partial charge in [-0.2, -0.15) is 0 Å². The van der Waals surface area contributed by atoms with Crippen LogP contribution in [0.3, 0.4) is 0 Å². The minimum Gasteiger partial charge on any atom is -0.382 e. The zero-order chi connectivity index (χ0) is 35.5. The minimum absolute atomic E-state index is 0.0488. The van der Waals surface area contributed by atoms with Crippen molar-refractivity contribution in [2.75, 3.05) is 72.0 Å². The first kappa shape index (κ1) is 36.5. The normalized spacial score (nSPS) is 13.3. The summed E-state index contributed by atoms with van der Waals surface area (Å²) in [6, 6.07) is 8.36. The fourth-order valence-electron chi connectivity index (χ4n) is 5.00. The maximum absolute atomic E-state index is 12.4. The summed E-state index contributed by atoms with van der Waals surface area (Å²) in [7, 11) is 0. The highest BCUT2D eigenvalue weighted by Crippen LogP contribution is 2.33. The number of nitrogens with zero attached hydrogens (tertiary/aromatic N) is 8. The number of fused-ring (bicyclic) bond motifs is 1. The predicted molar refractivity (Wildman–Crippen MR) is 194 cm³/mol. The Bertz CT molecular complexity index is 1720. The summed E-state index contributed by atoms with van der Waals surface area (Å²) < 4.78 is 0. The molecule has 2 aromatic heterocycles. The molecule has 0 unspecified atom stereocenters. The van der Waals surface area contributed by atoms with Crippen LogP contribution in [-0.4, -0.2) is 82.9 Å². The van der Waals surface area contributed by atoms with Crippen LogP contribution >= 0.6 is 23.2 Å². The number of benzene rings is 1. The van der Waals surface area contributed by atoms with Gasteiger partial charge in [-0.05, 0) is 44.2 Å². The summed E-state index contributed by atoms with van der Waals surface area (Å²) in [5.41, 5.74) is 36.3. The molecular weight excluding hydrogens is 675 g/mol. The van der Waals surface area contributed by atoms with E-state index in [1.165, 1.54) is 11.4 Å². The minimum atomic E-state index is -0.675. The zero-order valence-corrected chi connectivity index (χ0v) is 28.2. The topological polar surface area (TPSA) is 297 Å². The van der Waals surface area contributed by atoms with E-state index in [-0.39, 0.29) is 56.9 Å². The van der Waals surface area contributed by atoms with Crippen molar-refractivity contribution in [3.05, 3.63) is 46.0 Å². The number of aliphatic imine (C=N–C) groups is 2. The molecule has 0 saturated carbocycles. The average molecular weight is 716 g/mol. The van der Waals surface area contributed by atoms with Crippen molar-refractivity contribution in [3.63, 3.8) is 0 Å². The molecule has 3 heterocycles. The fraction of sp³-hybridized carbons (Fsp3) is 0.379. The number of para-hydroxylation sites is 2. The summed E-state index contributed by atoms with van der Waals surface area (Å²) in [6.45, 7) is 4.41. The number of carbonyl (C=O) groups excluding carboxylic acids is 2. The smallest absolute Gasteiger partial charge is 0.280 e. The maximum Gasteiger partial charge on any atom is 0.280 e. The van der Waals surface area contributed by atoms with E-state index in [0.29, 0.717) is 13.1 Å². The third-order valence-electron chi connectivity index (χ3n) is 7.41. The van der Waals surface area contributed by atoms with Crippen molar-refractivity contribution in [3.8, 4) is 0 Å². The largest absolute Gasteiger partial charge is 0.382 e. The van der Waals surface area contributed by atoms with E-state index in [9.17, 15) is 9.59 Å². The van der Waals surface area contributed by atoms with Crippen molar-refractivity contribution >= 4 is 81.6 Å². The van der Waals surface area contributed by atoms with E-state index in [0.717, 1.165) is 58.3 Å². The van der Waals surface area contributed by atoms with E-state index >= 15 is 0 Å². The molecule has 2 amide bonds. The number of nitrogens with two attached hydrogens (primary N) is 6. The molecular formula is C29H40Cl2N16O2. The van der Waals surface area contributed by atoms with Gasteiger partial charge in [0.25, 0.3) is 11.8 Å². The number of carbonyl (C=O) groups is 2. The Morgan fingerprint density at radius 2 is 1.06 bits per heavy atom. The summed E-state index contributed by atoms with van der Waals surface area (Å²) >= 11 is 11.7. The van der Waals surface area contributed by atoms with E-state index in [1.807, 2.05) is 12.1 Å². The van der Waals surface area contributed by atoms with Gasteiger partial charge < -0.3 is 44.2 Å². The van der Waals surface area contributed by atoms with Crippen LogP contribution in [0.4, 0.5) is 34.6 Å². The van der Waals surface area contributed by atoms with Crippen molar-refractivity contribution in [2.24, 2.45) is 21.5 Å². The predicted octanol–water partition coefficient (Wildman–Crippen LogP) is 0.969. The molecule has 4 rings (SSSR count). The summed E-state index contributed by atoms with van der Waals surface area (Å²) in [5.74, 6) is -1.91. The highest BCUT2D eigenvalue weighted by molar-refractivity contribution is 6.32. The number of anilines is 6. The summed E-state index contributed by atoms with van der Waals surface area (Å²) in [5, 5.41) is 4.62. The maximum atomic E-state index is 12.4. The molecule has 1 aliphatic rings. The van der Waals surface area contributed by atoms with E-state index in [4.69, 9.17) is 57.6 Å². The van der Waals surface area contributed by atoms with E-state index < -0.39 is 11.8 Å². The van der Waals surface area contributed by atoms with Crippen molar-refractivity contribution in [2.45, 2.75) is 32.1 Å². The third-order valence-corrected chi connectivity index (χ3v) is 7.97. The standard InChI is InChI=1S/C29H40Cl2N16O2/c30-20-24(34)42-22(32)18(40-20)26(48)44-28(36)38-10-4-1-6-12-46-14-15-47(17-9-3-2-8-16(17)46)13-7-5-11-39-29(37)45-27(49)19-23(33)43-25(35)21(31)41-19/h2-3,8-9H,1,4-7,10-15H2,(H4,32,34,42)(H4,33,35,43)(H3,36,38,44,48)(H3,37,39,45,49). The van der Waals surface area contributed by atoms with Crippen molar-refractivity contribution in [1.82, 2.24) is 30.6 Å². The first-order chi connectivity index (χ1) is 23.4. The molecule has 0 spiro atoms. The van der Waals surface area contributed by atoms with Gasteiger partial charge in [0.15, 0.2) is 56.9 Å². The molecule has 1 aromatic carbocycles. The third kappa shape index (κ3) is 10.1. The molecule has 0 atom stereocenters. The average Bonchev–Trinajstić information content (AvgIpc) is 3.06. The Hall–Kier alpha value is -5.36. The Kier molecular flexibility index (Phi) is 12.8. The van der Waals surface area contributed by atoms with Gasteiger partial charge in [-0.25, -0.2) is 19.9 Å². The SMILES string of the molecule is NC(=NCCCCCN1CCN(CCCCN=C(N)NC(=O)c2nc(Cl)c(N)nc2N)c2ccccc21)NC(=O)c1nc(Cl)c(N)nc1N. The lowest BCUT2D eigenvalue weighted by molar-refractivity contribution is 0.0964. The van der Waals surface area contributed by atoms with Crippen LogP contribution in [0.25, 0.3) is 0 Å². The van der Waals surface area contributed by atoms with Crippen LogP contribution in [0, 0.1) is 0 Å². The highest BCUT2D eigenvalue weighted by Gasteiger charge is 2.22. The monoisotopic (exact) mass is 714 g/mol. The summed E-state index contributed by atoms with van der Waals surface area (Å²) in [6.07, 6.45) is 4.33. The molecule has 18 nitrogen and oxygen atoms in total.